The predicted molar refractivity (Wildman–Crippen MR) is 114 cm³/mol. The van der Waals surface area contributed by atoms with E-state index in [1.54, 1.807) is 37.5 Å². The topological polar surface area (TPSA) is 66.7 Å². The second-order valence-corrected chi connectivity index (χ2v) is 7.49. The molecule has 6 heteroatoms. The van der Waals surface area contributed by atoms with Gasteiger partial charge in [0.1, 0.15) is 11.5 Å². The van der Waals surface area contributed by atoms with Gasteiger partial charge in [-0.2, -0.15) is 0 Å². The number of nitrogens with one attached hydrogen (secondary N) is 1. The first-order valence-electron chi connectivity index (χ1n) is 9.84. The van der Waals surface area contributed by atoms with Crippen LogP contribution in [0.5, 0.6) is 0 Å². The maximum Gasteiger partial charge on any atom is 0.266 e. The summed E-state index contributed by atoms with van der Waals surface area (Å²) in [5.41, 5.74) is 6.84. The van der Waals surface area contributed by atoms with Crippen molar-refractivity contribution >= 4 is 23.0 Å². The molecule has 0 saturated carbocycles. The lowest BCUT2D eigenvalue weighted by molar-refractivity contribution is -0.115. The van der Waals surface area contributed by atoms with Gasteiger partial charge in [0.05, 0.1) is 24.0 Å². The van der Waals surface area contributed by atoms with Crippen LogP contribution in [0.25, 0.3) is 0 Å². The van der Waals surface area contributed by atoms with Crippen molar-refractivity contribution in [2.45, 2.75) is 25.9 Å². The molecule has 1 amide bonds. The number of amides is 1. The summed E-state index contributed by atoms with van der Waals surface area (Å²) in [4.78, 5) is 26.1. The molecule has 3 aromatic rings. The average molecular weight is 398 g/mol. The maximum atomic E-state index is 14.0. The average Bonchev–Trinajstić information content (AvgIpc) is 3.36. The minimum atomic E-state index is -0.444. The number of benzene rings is 2. The molecule has 0 unspecified atom stereocenters. The summed E-state index contributed by atoms with van der Waals surface area (Å²) in [6.07, 6.45) is 3.96. The van der Waals surface area contributed by atoms with Crippen LogP contribution in [0, 0.1) is 5.82 Å². The van der Waals surface area contributed by atoms with Crippen LogP contribution in [0.1, 0.15) is 40.8 Å². The molecule has 0 fully saturated rings. The normalized spacial score (nSPS) is 15.1. The Bertz CT molecular complexity index is 1220. The summed E-state index contributed by atoms with van der Waals surface area (Å²) in [6, 6.07) is 14.0. The molecule has 2 aromatic carbocycles. The first-order chi connectivity index (χ1) is 14.6. The van der Waals surface area contributed by atoms with Gasteiger partial charge < -0.3 is 5.32 Å². The van der Waals surface area contributed by atoms with Crippen molar-refractivity contribution in [3.63, 3.8) is 0 Å². The van der Waals surface area contributed by atoms with Gasteiger partial charge in [0.15, 0.2) is 0 Å². The Hall–Kier alpha value is -3.67. The van der Waals surface area contributed by atoms with E-state index in [1.807, 2.05) is 18.2 Å². The highest BCUT2D eigenvalue weighted by atomic mass is 19.1. The highest BCUT2D eigenvalue weighted by Crippen LogP contribution is 2.34. The molecule has 0 aliphatic carbocycles. The number of carbonyl (C=O) groups excluding carboxylic acids is 1. The molecule has 1 aromatic heterocycles. The Kier molecular flexibility index (Phi) is 4.47. The molecule has 1 N–H and O–H groups in total. The van der Waals surface area contributed by atoms with Crippen LogP contribution in [0.2, 0.25) is 0 Å². The second-order valence-electron chi connectivity index (χ2n) is 7.49. The molecule has 1 atom stereocenters. The van der Waals surface area contributed by atoms with Gasteiger partial charge in [0.2, 0.25) is 0 Å². The first-order valence-corrected chi connectivity index (χ1v) is 9.84. The van der Waals surface area contributed by atoms with Crippen LogP contribution < -0.4 is 5.32 Å². The van der Waals surface area contributed by atoms with E-state index in [1.165, 1.54) is 6.07 Å². The van der Waals surface area contributed by atoms with Crippen molar-refractivity contribution in [1.29, 1.82) is 0 Å². The minimum absolute atomic E-state index is 0.273. The Morgan fingerprint density at radius 1 is 1.10 bits per heavy atom. The predicted octanol–water partition coefficient (Wildman–Crippen LogP) is 4.08. The quantitative estimate of drug-likeness (QED) is 0.720. The van der Waals surface area contributed by atoms with E-state index < -0.39 is 6.04 Å². The van der Waals surface area contributed by atoms with Crippen LogP contribution in [0.4, 0.5) is 10.1 Å². The van der Waals surface area contributed by atoms with Crippen LogP contribution in [0.3, 0.4) is 0 Å². The lowest BCUT2D eigenvalue weighted by atomic mass is 9.97. The number of aromatic nitrogens is 1. The van der Waals surface area contributed by atoms with Gasteiger partial charge in [-0.25, -0.2) is 9.38 Å². The second kappa shape index (κ2) is 7.30. The molecule has 148 valence electrons. The zero-order chi connectivity index (χ0) is 20.7. The number of carbonyl (C=O) groups is 1. The molecule has 30 heavy (non-hydrogen) atoms. The van der Waals surface area contributed by atoms with Crippen LogP contribution in [-0.2, 0) is 17.8 Å². The fraction of sp³-hybridized carbons (Fsp3) is 0.167. The number of halogens is 1. The summed E-state index contributed by atoms with van der Waals surface area (Å²) >= 11 is 0. The molecule has 2 aliphatic heterocycles. The third kappa shape index (κ3) is 3.20. The maximum absolute atomic E-state index is 14.0. The van der Waals surface area contributed by atoms with Gasteiger partial charge in [-0.05, 0) is 42.3 Å². The fourth-order valence-corrected chi connectivity index (χ4v) is 3.97. The molecule has 0 bridgehead atoms. The van der Waals surface area contributed by atoms with E-state index >= 15 is 0 Å². The largest absolute Gasteiger partial charge is 0.344 e. The third-order valence-corrected chi connectivity index (χ3v) is 5.52. The third-order valence-electron chi connectivity index (χ3n) is 5.52. The molecule has 0 radical (unpaired) electrons. The number of pyridine rings is 1. The Morgan fingerprint density at radius 3 is 2.70 bits per heavy atom. The SMILES string of the molecule is C[C@@H](NC(=O)C1=Nc2cc3c(cc2C1)CN=C3c1ccncc1)c1ccccc1F. The number of aliphatic imine (C=N–C) groups is 2. The van der Waals surface area contributed by atoms with Crippen molar-refractivity contribution in [2.75, 3.05) is 0 Å². The van der Waals surface area contributed by atoms with Gasteiger partial charge in [-0.3, -0.25) is 14.8 Å². The van der Waals surface area contributed by atoms with E-state index in [2.05, 4.69) is 26.4 Å². The molecule has 0 saturated heterocycles. The van der Waals surface area contributed by atoms with E-state index in [4.69, 9.17) is 0 Å². The zero-order valence-electron chi connectivity index (χ0n) is 16.4. The minimum Gasteiger partial charge on any atom is -0.344 e. The van der Waals surface area contributed by atoms with E-state index in [-0.39, 0.29) is 11.7 Å². The molecule has 3 heterocycles. The summed E-state index contributed by atoms with van der Waals surface area (Å²) < 4.78 is 14.0. The van der Waals surface area contributed by atoms with Crippen molar-refractivity contribution in [3.05, 3.63) is 94.6 Å². The van der Waals surface area contributed by atoms with Gasteiger partial charge in [0, 0.05) is 35.5 Å². The molecule has 5 rings (SSSR count). The van der Waals surface area contributed by atoms with Gasteiger partial charge in [-0.1, -0.05) is 24.3 Å². The Morgan fingerprint density at radius 2 is 1.90 bits per heavy atom. The van der Waals surface area contributed by atoms with E-state index in [0.29, 0.717) is 24.2 Å². The van der Waals surface area contributed by atoms with Crippen molar-refractivity contribution < 1.29 is 9.18 Å². The highest BCUT2D eigenvalue weighted by molar-refractivity contribution is 6.41. The number of nitrogens with zero attached hydrogens (tertiary/aromatic N) is 3. The van der Waals surface area contributed by atoms with Gasteiger partial charge in [0.25, 0.3) is 5.91 Å². The van der Waals surface area contributed by atoms with Crippen molar-refractivity contribution in [2.24, 2.45) is 9.98 Å². The molecule has 2 aliphatic rings. The molecule has 0 spiro atoms. The Labute approximate surface area is 173 Å². The summed E-state index contributed by atoms with van der Waals surface area (Å²) in [7, 11) is 0. The number of rotatable bonds is 4. The summed E-state index contributed by atoms with van der Waals surface area (Å²) in [5.74, 6) is -0.605. The standard InChI is InChI=1S/C24H19FN4O/c1-14(18-4-2-3-5-20(18)25)28-24(30)22-11-16-10-17-13-27-23(15-6-8-26-9-7-15)19(17)12-21(16)29-22/h2-10,12,14H,11,13H2,1H3,(H,28,30)/t14-/m1/s1. The van der Waals surface area contributed by atoms with Crippen molar-refractivity contribution in [1.82, 2.24) is 10.3 Å². The monoisotopic (exact) mass is 398 g/mol. The van der Waals surface area contributed by atoms with Gasteiger partial charge in [-0.15, -0.1) is 0 Å². The van der Waals surface area contributed by atoms with Crippen LogP contribution >= 0.6 is 0 Å². The number of hydrogen-bond donors (Lipinski definition) is 1. The zero-order valence-corrected chi connectivity index (χ0v) is 16.4. The molecular formula is C24H19FN4O. The highest BCUT2D eigenvalue weighted by Gasteiger charge is 2.26. The van der Waals surface area contributed by atoms with Crippen molar-refractivity contribution in [3.8, 4) is 0 Å². The smallest absolute Gasteiger partial charge is 0.266 e. The van der Waals surface area contributed by atoms with E-state index in [9.17, 15) is 9.18 Å². The number of fused-ring (bicyclic) bond motifs is 2. The summed E-state index contributed by atoms with van der Waals surface area (Å²) in [6.45, 7) is 2.39. The van der Waals surface area contributed by atoms with Crippen LogP contribution in [0.15, 0.2) is 70.9 Å². The Balaban J connectivity index is 1.38. The van der Waals surface area contributed by atoms with Crippen LogP contribution in [-0.4, -0.2) is 22.3 Å². The fourth-order valence-electron chi connectivity index (χ4n) is 3.97. The van der Waals surface area contributed by atoms with E-state index in [0.717, 1.165) is 33.7 Å². The summed E-state index contributed by atoms with van der Waals surface area (Å²) in [5, 5.41) is 2.87. The lowest BCUT2D eigenvalue weighted by Gasteiger charge is -2.14. The lowest BCUT2D eigenvalue weighted by Crippen LogP contribution is -2.33. The molecule has 5 nitrogen and oxygen atoms in total. The molecular weight excluding hydrogens is 379 g/mol. The number of hydrogen-bond acceptors (Lipinski definition) is 4. The first kappa shape index (κ1) is 18.4. The van der Waals surface area contributed by atoms with Gasteiger partial charge >= 0.3 is 0 Å².